The first-order valence-corrected chi connectivity index (χ1v) is 8.02. The molecule has 0 fully saturated rings. The van der Waals surface area contributed by atoms with Crippen molar-refractivity contribution in [2.45, 2.75) is 12.5 Å². The third-order valence-electron chi connectivity index (χ3n) is 3.39. The number of aromatic nitrogens is 2. The molecular formula is C16H16N4O2S. The average Bonchev–Trinajstić information content (AvgIpc) is 3.19. The molecule has 3 aromatic rings. The molecule has 1 atom stereocenters. The topological polar surface area (TPSA) is 92.9 Å². The third-order valence-corrected chi connectivity index (χ3v) is 4.12. The molecule has 0 saturated carbocycles. The second kappa shape index (κ2) is 6.64. The molecule has 7 heteroatoms. The predicted molar refractivity (Wildman–Crippen MR) is 91.0 cm³/mol. The smallest absolute Gasteiger partial charge is 0.264 e. The minimum Gasteiger partial charge on any atom is -0.325 e. The number of carbonyl (C=O) groups is 1. The van der Waals surface area contributed by atoms with Crippen molar-refractivity contribution >= 4 is 22.9 Å². The molecule has 4 N–H and O–H groups in total. The van der Waals surface area contributed by atoms with Gasteiger partial charge >= 0.3 is 0 Å². The lowest BCUT2D eigenvalue weighted by Gasteiger charge is -2.12. The number of nitrogens with two attached hydrogens (primary N) is 1. The van der Waals surface area contributed by atoms with Crippen LogP contribution in [-0.2, 0) is 11.2 Å². The number of rotatable bonds is 5. The van der Waals surface area contributed by atoms with Crippen molar-refractivity contribution in [3.8, 4) is 5.69 Å². The third kappa shape index (κ3) is 3.77. The number of aromatic amines is 1. The van der Waals surface area contributed by atoms with E-state index in [1.165, 1.54) is 6.07 Å². The van der Waals surface area contributed by atoms with Gasteiger partial charge in [-0.2, -0.15) is 11.3 Å². The Kier molecular flexibility index (Phi) is 4.40. The summed E-state index contributed by atoms with van der Waals surface area (Å²) in [5, 5.41) is 9.40. The number of carbonyl (C=O) groups excluding carboxylic acids is 1. The molecule has 23 heavy (non-hydrogen) atoms. The van der Waals surface area contributed by atoms with E-state index in [9.17, 15) is 9.59 Å². The lowest BCUT2D eigenvalue weighted by atomic mass is 10.1. The van der Waals surface area contributed by atoms with Gasteiger partial charge < -0.3 is 11.1 Å². The van der Waals surface area contributed by atoms with Gasteiger partial charge in [-0.25, -0.2) is 0 Å². The molecule has 0 saturated heterocycles. The maximum atomic E-state index is 12.1. The highest BCUT2D eigenvalue weighted by atomic mass is 32.1. The predicted octanol–water partition coefficient (Wildman–Crippen LogP) is 1.74. The van der Waals surface area contributed by atoms with Crippen LogP contribution in [-0.4, -0.2) is 21.7 Å². The van der Waals surface area contributed by atoms with Crippen molar-refractivity contribution in [3.05, 3.63) is 69.3 Å². The van der Waals surface area contributed by atoms with Crippen LogP contribution < -0.4 is 16.6 Å². The van der Waals surface area contributed by atoms with Gasteiger partial charge in [0.1, 0.15) is 0 Å². The monoisotopic (exact) mass is 328 g/mol. The fraction of sp³-hybridized carbons (Fsp3) is 0.125. The van der Waals surface area contributed by atoms with E-state index in [4.69, 9.17) is 5.73 Å². The normalized spacial score (nSPS) is 12.0. The average molecular weight is 328 g/mol. The fourth-order valence-electron chi connectivity index (χ4n) is 2.18. The first-order chi connectivity index (χ1) is 11.1. The Balaban J connectivity index is 1.63. The van der Waals surface area contributed by atoms with E-state index in [0.717, 1.165) is 11.3 Å². The highest BCUT2D eigenvalue weighted by Crippen LogP contribution is 2.13. The van der Waals surface area contributed by atoms with E-state index in [0.29, 0.717) is 12.1 Å². The molecule has 3 rings (SSSR count). The number of hydrogen-bond acceptors (Lipinski definition) is 4. The Morgan fingerprint density at radius 2 is 2.04 bits per heavy atom. The number of nitrogens with one attached hydrogen (secondary N) is 2. The molecule has 0 bridgehead atoms. The summed E-state index contributed by atoms with van der Waals surface area (Å²) in [6.45, 7) is 0. The minimum atomic E-state index is -0.593. The van der Waals surface area contributed by atoms with Crippen LogP contribution in [0.1, 0.15) is 5.56 Å². The Hall–Kier alpha value is -2.64. The molecular weight excluding hydrogens is 312 g/mol. The summed E-state index contributed by atoms with van der Waals surface area (Å²) < 4.78 is 1.61. The summed E-state index contributed by atoms with van der Waals surface area (Å²) in [7, 11) is 0. The fourth-order valence-corrected chi connectivity index (χ4v) is 2.86. The molecule has 0 aliphatic rings. The van der Waals surface area contributed by atoms with Crippen LogP contribution >= 0.6 is 11.3 Å². The zero-order chi connectivity index (χ0) is 16.2. The molecule has 2 heterocycles. The van der Waals surface area contributed by atoms with Crippen LogP contribution in [0.25, 0.3) is 5.69 Å². The summed E-state index contributed by atoms with van der Waals surface area (Å²) in [5.41, 5.74) is 8.28. The Morgan fingerprint density at radius 3 is 2.65 bits per heavy atom. The molecule has 1 amide bonds. The lowest BCUT2D eigenvalue weighted by Crippen LogP contribution is -2.37. The Morgan fingerprint density at radius 1 is 1.26 bits per heavy atom. The van der Waals surface area contributed by atoms with Gasteiger partial charge in [0.25, 0.3) is 5.56 Å². The van der Waals surface area contributed by atoms with Crippen LogP contribution in [0, 0.1) is 0 Å². The van der Waals surface area contributed by atoms with Crippen LogP contribution in [0.5, 0.6) is 0 Å². The van der Waals surface area contributed by atoms with E-state index in [2.05, 4.69) is 10.4 Å². The highest BCUT2D eigenvalue weighted by Gasteiger charge is 2.14. The first-order valence-electron chi connectivity index (χ1n) is 7.07. The second-order valence-corrected chi connectivity index (χ2v) is 5.92. The second-order valence-electron chi connectivity index (χ2n) is 5.14. The standard InChI is InChI=1S/C16H16N4O2S/c17-14(9-11-6-8-23-10-11)16(22)18-12-1-3-13(4-2-12)20-7-5-15(21)19-20/h1-8,10,14H,9,17H2,(H,18,22)(H,19,21). The van der Waals surface area contributed by atoms with Gasteiger partial charge in [-0.15, -0.1) is 0 Å². The lowest BCUT2D eigenvalue weighted by molar-refractivity contribution is -0.117. The molecule has 2 aromatic heterocycles. The van der Waals surface area contributed by atoms with Crippen LogP contribution in [0.15, 0.2) is 58.1 Å². The van der Waals surface area contributed by atoms with Crippen molar-refractivity contribution in [2.24, 2.45) is 5.73 Å². The van der Waals surface area contributed by atoms with Crippen molar-refractivity contribution in [2.75, 3.05) is 5.32 Å². The van der Waals surface area contributed by atoms with Gasteiger partial charge in [0.2, 0.25) is 5.91 Å². The van der Waals surface area contributed by atoms with Gasteiger partial charge in [0.05, 0.1) is 11.7 Å². The number of thiophene rings is 1. The van der Waals surface area contributed by atoms with Gasteiger partial charge in [0.15, 0.2) is 0 Å². The maximum Gasteiger partial charge on any atom is 0.264 e. The maximum absolute atomic E-state index is 12.1. The van der Waals surface area contributed by atoms with Gasteiger partial charge in [-0.3, -0.25) is 19.4 Å². The molecule has 0 aliphatic carbocycles. The number of amides is 1. The van der Waals surface area contributed by atoms with Crippen LogP contribution in [0.2, 0.25) is 0 Å². The summed E-state index contributed by atoms with van der Waals surface area (Å²) in [4.78, 5) is 23.2. The number of nitrogens with zero attached hydrogens (tertiary/aromatic N) is 1. The van der Waals surface area contributed by atoms with Gasteiger partial charge in [0, 0.05) is 18.0 Å². The molecule has 1 aromatic carbocycles. The molecule has 1 unspecified atom stereocenters. The molecule has 118 valence electrons. The van der Waals surface area contributed by atoms with E-state index in [-0.39, 0.29) is 11.5 Å². The number of hydrogen-bond donors (Lipinski definition) is 3. The molecule has 6 nitrogen and oxygen atoms in total. The Bertz CT molecular complexity index is 834. The van der Waals surface area contributed by atoms with E-state index in [1.807, 2.05) is 16.8 Å². The largest absolute Gasteiger partial charge is 0.325 e. The minimum absolute atomic E-state index is 0.165. The van der Waals surface area contributed by atoms with Crippen molar-refractivity contribution < 1.29 is 4.79 Å². The van der Waals surface area contributed by atoms with Gasteiger partial charge in [-0.1, -0.05) is 0 Å². The SMILES string of the molecule is NC(Cc1ccsc1)C(=O)Nc1ccc(-n2ccc(=O)[nH]2)cc1. The number of H-pyrrole nitrogens is 1. The van der Waals surface area contributed by atoms with E-state index < -0.39 is 6.04 Å². The quantitative estimate of drug-likeness (QED) is 0.666. The van der Waals surface area contributed by atoms with Crippen LogP contribution in [0.3, 0.4) is 0 Å². The zero-order valence-corrected chi connectivity index (χ0v) is 13.0. The number of anilines is 1. The number of benzene rings is 1. The van der Waals surface area contributed by atoms with Crippen molar-refractivity contribution in [1.29, 1.82) is 0 Å². The highest BCUT2D eigenvalue weighted by molar-refractivity contribution is 7.07. The molecule has 0 spiro atoms. The Labute approximate surface area is 136 Å². The summed E-state index contributed by atoms with van der Waals surface area (Å²) in [6.07, 6.45) is 2.16. The van der Waals surface area contributed by atoms with Crippen molar-refractivity contribution in [1.82, 2.24) is 9.78 Å². The van der Waals surface area contributed by atoms with Crippen LogP contribution in [0.4, 0.5) is 5.69 Å². The molecule has 0 aliphatic heterocycles. The molecule has 0 radical (unpaired) electrons. The van der Waals surface area contributed by atoms with Gasteiger partial charge in [-0.05, 0) is 53.1 Å². The summed E-state index contributed by atoms with van der Waals surface area (Å²) in [6, 6.07) is 9.95. The summed E-state index contributed by atoms with van der Waals surface area (Å²) in [5.74, 6) is -0.224. The first kappa shape index (κ1) is 15.3. The van der Waals surface area contributed by atoms with E-state index in [1.54, 1.807) is 46.5 Å². The summed E-state index contributed by atoms with van der Waals surface area (Å²) >= 11 is 1.58. The van der Waals surface area contributed by atoms with Crippen molar-refractivity contribution in [3.63, 3.8) is 0 Å². The zero-order valence-electron chi connectivity index (χ0n) is 12.2. The van der Waals surface area contributed by atoms with E-state index >= 15 is 0 Å².